The molecule has 0 aliphatic rings. The molecule has 1 aromatic rings. The van der Waals surface area contributed by atoms with E-state index in [-0.39, 0.29) is 18.0 Å². The smallest absolute Gasteiger partial charge is 0.248 e. The summed E-state index contributed by atoms with van der Waals surface area (Å²) < 4.78 is 4.96. The highest BCUT2D eigenvalue weighted by molar-refractivity contribution is 5.72. The number of hydrogen-bond donors (Lipinski definition) is 3. The molecular formula is C10H12N2O4. The molecule has 2 atom stereocenters. The van der Waals surface area contributed by atoms with Crippen molar-refractivity contribution in [2.45, 2.75) is 18.8 Å². The van der Waals surface area contributed by atoms with Gasteiger partial charge in [-0.3, -0.25) is 4.79 Å². The van der Waals surface area contributed by atoms with Crippen molar-refractivity contribution >= 4 is 6.29 Å². The number of nitrogens with zero attached hydrogens (tertiary/aromatic N) is 1. The third-order valence-electron chi connectivity index (χ3n) is 2.08. The number of nitrogens with one attached hydrogen (secondary N) is 1. The maximum absolute atomic E-state index is 10.5. The van der Waals surface area contributed by atoms with E-state index < -0.39 is 11.9 Å². The number of ether oxygens (including phenoxy) is 1. The number of nitriles is 1. The van der Waals surface area contributed by atoms with E-state index in [1.54, 1.807) is 6.92 Å². The van der Waals surface area contributed by atoms with Gasteiger partial charge in [-0.1, -0.05) is 0 Å². The summed E-state index contributed by atoms with van der Waals surface area (Å²) in [5.74, 6) is -2.15. The Balaban J connectivity index is 3.10. The molecule has 16 heavy (non-hydrogen) atoms. The van der Waals surface area contributed by atoms with E-state index in [0.29, 0.717) is 6.29 Å². The van der Waals surface area contributed by atoms with Crippen LogP contribution in [0.4, 0.5) is 0 Å². The molecule has 0 amide bonds. The lowest BCUT2D eigenvalue weighted by Gasteiger charge is -2.27. The summed E-state index contributed by atoms with van der Waals surface area (Å²) in [5, 5.41) is 28.0. The molecule has 86 valence electrons. The van der Waals surface area contributed by atoms with Crippen molar-refractivity contribution in [3.8, 4) is 6.07 Å². The first-order valence-electron chi connectivity index (χ1n) is 4.67. The van der Waals surface area contributed by atoms with E-state index in [1.807, 2.05) is 0 Å². The van der Waals surface area contributed by atoms with Gasteiger partial charge in [-0.2, -0.15) is 5.26 Å². The van der Waals surface area contributed by atoms with Crippen LogP contribution in [0, 0.1) is 11.3 Å². The van der Waals surface area contributed by atoms with Gasteiger partial charge in [0, 0.05) is 6.61 Å². The number of aliphatic hydroxyl groups excluding tert-OH is 1. The van der Waals surface area contributed by atoms with Crippen molar-refractivity contribution in [3.63, 3.8) is 0 Å². The Labute approximate surface area is 92.1 Å². The number of carbonyl (C=O) groups is 1. The highest BCUT2D eigenvalue weighted by Crippen LogP contribution is 2.25. The lowest BCUT2D eigenvalue weighted by molar-refractivity contribution is -0.252. The standard InChI is InChI=1S/C10H12N2O4/c1-2-16-10(15,9(14)5-11)8-4-3-7(6-13)12-8/h3-4,6,9,12,14-15H,2H2,1H3. The minimum absolute atomic E-state index is 0.0606. The summed E-state index contributed by atoms with van der Waals surface area (Å²) in [7, 11) is 0. The number of aldehydes is 1. The molecule has 1 aromatic heterocycles. The minimum Gasteiger partial charge on any atom is -0.373 e. The van der Waals surface area contributed by atoms with Gasteiger partial charge >= 0.3 is 0 Å². The summed E-state index contributed by atoms with van der Waals surface area (Å²) in [4.78, 5) is 13.0. The maximum Gasteiger partial charge on any atom is 0.248 e. The summed E-state index contributed by atoms with van der Waals surface area (Å²) in [5.41, 5.74) is 0.281. The molecule has 0 aromatic carbocycles. The fourth-order valence-corrected chi connectivity index (χ4v) is 1.30. The van der Waals surface area contributed by atoms with Crippen LogP contribution in [0.2, 0.25) is 0 Å². The molecular weight excluding hydrogens is 212 g/mol. The van der Waals surface area contributed by atoms with Gasteiger partial charge in [-0.25, -0.2) is 0 Å². The van der Waals surface area contributed by atoms with E-state index in [2.05, 4.69) is 4.98 Å². The average molecular weight is 224 g/mol. The fourth-order valence-electron chi connectivity index (χ4n) is 1.30. The second kappa shape index (κ2) is 4.90. The van der Waals surface area contributed by atoms with Gasteiger partial charge in [0.25, 0.3) is 0 Å². The van der Waals surface area contributed by atoms with Crippen molar-refractivity contribution in [1.82, 2.24) is 4.98 Å². The topological polar surface area (TPSA) is 106 Å². The minimum atomic E-state index is -2.15. The van der Waals surface area contributed by atoms with Crippen LogP contribution >= 0.6 is 0 Å². The zero-order valence-corrected chi connectivity index (χ0v) is 8.67. The molecule has 0 bridgehead atoms. The van der Waals surface area contributed by atoms with Crippen LogP contribution in [0.15, 0.2) is 12.1 Å². The lowest BCUT2D eigenvalue weighted by Crippen LogP contribution is -2.41. The van der Waals surface area contributed by atoms with Crippen molar-refractivity contribution in [3.05, 3.63) is 23.5 Å². The third-order valence-corrected chi connectivity index (χ3v) is 2.08. The highest BCUT2D eigenvalue weighted by Gasteiger charge is 2.40. The number of aromatic amines is 1. The molecule has 0 radical (unpaired) electrons. The van der Waals surface area contributed by atoms with Crippen LogP contribution in [0.3, 0.4) is 0 Å². The van der Waals surface area contributed by atoms with E-state index in [4.69, 9.17) is 10.00 Å². The molecule has 1 heterocycles. The van der Waals surface area contributed by atoms with Crippen LogP contribution < -0.4 is 0 Å². The first-order chi connectivity index (χ1) is 7.58. The Bertz CT molecular complexity index is 409. The first-order valence-corrected chi connectivity index (χ1v) is 4.67. The van der Waals surface area contributed by atoms with Crippen molar-refractivity contribution in [2.75, 3.05) is 6.61 Å². The van der Waals surface area contributed by atoms with E-state index in [0.717, 1.165) is 0 Å². The molecule has 0 spiro atoms. The zero-order valence-electron chi connectivity index (χ0n) is 8.67. The van der Waals surface area contributed by atoms with Crippen LogP contribution in [0.5, 0.6) is 0 Å². The van der Waals surface area contributed by atoms with Crippen molar-refractivity contribution in [2.24, 2.45) is 0 Å². The number of rotatable bonds is 5. The Morgan fingerprint density at radius 2 is 2.44 bits per heavy atom. The molecule has 1 rings (SSSR count). The number of aromatic nitrogens is 1. The Hall–Kier alpha value is -1.68. The Kier molecular flexibility index (Phi) is 3.79. The zero-order chi connectivity index (χ0) is 12.2. The lowest BCUT2D eigenvalue weighted by atomic mass is 10.1. The van der Waals surface area contributed by atoms with Crippen molar-refractivity contribution in [1.29, 1.82) is 5.26 Å². The van der Waals surface area contributed by atoms with E-state index in [1.165, 1.54) is 18.2 Å². The Morgan fingerprint density at radius 3 is 2.88 bits per heavy atom. The average Bonchev–Trinajstić information content (AvgIpc) is 2.77. The summed E-state index contributed by atoms with van der Waals surface area (Å²) in [6.45, 7) is 1.71. The number of aliphatic hydroxyl groups is 2. The molecule has 6 heteroatoms. The first kappa shape index (κ1) is 12.4. The van der Waals surface area contributed by atoms with Crippen LogP contribution in [0.25, 0.3) is 0 Å². The van der Waals surface area contributed by atoms with Gasteiger partial charge in [0.1, 0.15) is 6.07 Å². The second-order valence-electron chi connectivity index (χ2n) is 3.11. The predicted molar refractivity (Wildman–Crippen MR) is 53.3 cm³/mol. The Morgan fingerprint density at radius 1 is 1.75 bits per heavy atom. The fraction of sp³-hybridized carbons (Fsp3) is 0.400. The summed E-state index contributed by atoms with van der Waals surface area (Å²) >= 11 is 0. The van der Waals surface area contributed by atoms with Gasteiger partial charge in [-0.05, 0) is 19.1 Å². The molecule has 0 saturated carbocycles. The third kappa shape index (κ3) is 2.12. The van der Waals surface area contributed by atoms with E-state index >= 15 is 0 Å². The molecule has 0 fully saturated rings. The number of hydrogen-bond acceptors (Lipinski definition) is 5. The highest BCUT2D eigenvalue weighted by atomic mass is 16.6. The largest absolute Gasteiger partial charge is 0.373 e. The van der Waals surface area contributed by atoms with Crippen molar-refractivity contribution < 1.29 is 19.7 Å². The number of carbonyl (C=O) groups excluding carboxylic acids is 1. The maximum atomic E-state index is 10.5. The molecule has 0 aliphatic carbocycles. The summed E-state index contributed by atoms with van der Waals surface area (Å²) in [6.07, 6.45) is -1.19. The van der Waals surface area contributed by atoms with Gasteiger partial charge < -0.3 is 19.9 Å². The second-order valence-corrected chi connectivity index (χ2v) is 3.11. The van der Waals surface area contributed by atoms with Crippen LogP contribution in [0.1, 0.15) is 23.1 Å². The normalized spacial score (nSPS) is 16.1. The molecule has 2 unspecified atom stereocenters. The SMILES string of the molecule is CCOC(O)(c1ccc(C=O)[nH]1)C(O)C#N. The molecule has 0 aliphatic heterocycles. The molecule has 3 N–H and O–H groups in total. The quantitative estimate of drug-likeness (QED) is 0.367. The van der Waals surface area contributed by atoms with Gasteiger partial charge in [0.05, 0.1) is 11.4 Å². The predicted octanol–water partition coefficient (Wildman–Crippen LogP) is -0.107. The van der Waals surface area contributed by atoms with E-state index in [9.17, 15) is 15.0 Å². The summed E-state index contributed by atoms with van der Waals surface area (Å²) in [6, 6.07) is 4.28. The van der Waals surface area contributed by atoms with Gasteiger partial charge in [0.15, 0.2) is 6.29 Å². The molecule has 6 nitrogen and oxygen atoms in total. The molecule has 0 saturated heterocycles. The van der Waals surface area contributed by atoms with Crippen LogP contribution in [-0.2, 0) is 10.5 Å². The van der Waals surface area contributed by atoms with Crippen LogP contribution in [-0.4, -0.2) is 34.2 Å². The van der Waals surface area contributed by atoms with Gasteiger partial charge in [-0.15, -0.1) is 0 Å². The monoisotopic (exact) mass is 224 g/mol. The van der Waals surface area contributed by atoms with Gasteiger partial charge in [0.2, 0.25) is 11.9 Å². The number of H-pyrrole nitrogens is 1.